The van der Waals surface area contributed by atoms with Crippen LogP contribution in [0.5, 0.6) is 0 Å². The second-order valence-electron chi connectivity index (χ2n) is 7.04. The van der Waals surface area contributed by atoms with E-state index in [1.165, 1.54) is 12.1 Å². The molecule has 1 aliphatic carbocycles. The molecule has 0 saturated heterocycles. The zero-order valence-electron chi connectivity index (χ0n) is 16.2. The molecule has 1 aliphatic rings. The molecule has 0 bridgehead atoms. The van der Waals surface area contributed by atoms with Crippen molar-refractivity contribution < 1.29 is 18.8 Å². The van der Waals surface area contributed by atoms with Gasteiger partial charge in [-0.3, -0.25) is 0 Å². The van der Waals surface area contributed by atoms with E-state index >= 15 is 0 Å². The van der Waals surface area contributed by atoms with Gasteiger partial charge in [0, 0.05) is 5.54 Å². The van der Waals surface area contributed by atoms with E-state index in [0.717, 1.165) is 31.2 Å². The molecule has 5 nitrogen and oxygen atoms in total. The second-order valence-corrected chi connectivity index (χ2v) is 7.78. The standard InChI is InChI=1S/C20H28F2N3O2P/c1-4-7-20(8-9-20)25-27-24-19(18(26)11-15(28)12-21)14(3)23-17-6-5-13(2)10-16(17)22/h5-6,10-11,23-26H,3-4,7-9,12,28H2,1-2H3/b15-11+,19-18-. The molecule has 1 atom stereocenters. The SMILES string of the molecule is C=C(Nc1ccc(C)cc1F)/C(NONC1(CCC)CC1)=C(O)\C=C(\P)CF. The Hall–Kier alpha value is -1.95. The Morgan fingerprint density at radius 1 is 1.43 bits per heavy atom. The fraction of sp³-hybridized carbons (Fsp3) is 0.400. The molecule has 4 N–H and O–H groups in total. The van der Waals surface area contributed by atoms with Crippen LogP contribution in [-0.2, 0) is 4.94 Å². The fourth-order valence-corrected chi connectivity index (χ4v) is 2.88. The fourth-order valence-electron chi connectivity index (χ4n) is 2.72. The lowest BCUT2D eigenvalue weighted by atomic mass is 10.1. The summed E-state index contributed by atoms with van der Waals surface area (Å²) < 4.78 is 26.9. The van der Waals surface area contributed by atoms with Gasteiger partial charge in [-0.25, -0.2) is 14.3 Å². The molecule has 0 aromatic heterocycles. The normalized spacial score (nSPS) is 16.4. The Labute approximate surface area is 167 Å². The monoisotopic (exact) mass is 411 g/mol. The maximum Gasteiger partial charge on any atom is 0.146 e. The summed E-state index contributed by atoms with van der Waals surface area (Å²) >= 11 is 0. The summed E-state index contributed by atoms with van der Waals surface area (Å²) in [5.74, 6) is -0.750. The number of halogens is 2. The van der Waals surface area contributed by atoms with Gasteiger partial charge in [0.15, 0.2) is 0 Å². The molecule has 1 aromatic rings. The van der Waals surface area contributed by atoms with Gasteiger partial charge in [0.25, 0.3) is 0 Å². The number of alkyl halides is 1. The van der Waals surface area contributed by atoms with Crippen molar-refractivity contribution in [3.8, 4) is 0 Å². The van der Waals surface area contributed by atoms with Crippen LogP contribution < -0.4 is 16.3 Å². The number of hydrogen-bond donors (Lipinski definition) is 4. The molecule has 0 spiro atoms. The summed E-state index contributed by atoms with van der Waals surface area (Å²) in [6, 6.07) is 4.71. The van der Waals surface area contributed by atoms with Gasteiger partial charge in [-0.05, 0) is 55.3 Å². The van der Waals surface area contributed by atoms with Crippen LogP contribution in [0.4, 0.5) is 14.5 Å². The molecule has 2 rings (SSSR count). The number of benzene rings is 1. The summed E-state index contributed by atoms with van der Waals surface area (Å²) in [4.78, 5) is 5.38. The van der Waals surface area contributed by atoms with Gasteiger partial charge in [-0.2, -0.15) is 10.4 Å². The minimum absolute atomic E-state index is 0.0631. The lowest BCUT2D eigenvalue weighted by Gasteiger charge is -2.20. The van der Waals surface area contributed by atoms with Crippen LogP contribution in [0.15, 0.2) is 53.3 Å². The van der Waals surface area contributed by atoms with Gasteiger partial charge in [0.1, 0.15) is 23.9 Å². The predicted molar refractivity (Wildman–Crippen MR) is 112 cm³/mol. The van der Waals surface area contributed by atoms with Gasteiger partial charge in [0.2, 0.25) is 0 Å². The Morgan fingerprint density at radius 2 is 2.14 bits per heavy atom. The van der Waals surface area contributed by atoms with E-state index in [1.807, 2.05) is 0 Å². The van der Waals surface area contributed by atoms with Crippen LogP contribution in [0.3, 0.4) is 0 Å². The molecule has 0 radical (unpaired) electrons. The van der Waals surface area contributed by atoms with Crippen LogP contribution in [0, 0.1) is 12.7 Å². The van der Waals surface area contributed by atoms with E-state index < -0.39 is 12.5 Å². The Kier molecular flexibility index (Phi) is 7.98. The van der Waals surface area contributed by atoms with Gasteiger partial charge in [-0.15, -0.1) is 9.24 Å². The smallest absolute Gasteiger partial charge is 0.146 e. The largest absolute Gasteiger partial charge is 0.506 e. The van der Waals surface area contributed by atoms with Crippen LogP contribution in [-0.4, -0.2) is 17.3 Å². The topological polar surface area (TPSA) is 65.5 Å². The summed E-state index contributed by atoms with van der Waals surface area (Å²) in [5, 5.41) is 13.4. The van der Waals surface area contributed by atoms with Gasteiger partial charge < -0.3 is 10.4 Å². The number of aliphatic hydroxyl groups excluding tert-OH is 1. The Bertz CT molecular complexity index is 777. The number of aliphatic hydroxyl groups is 1. The van der Waals surface area contributed by atoms with Gasteiger partial charge in [-0.1, -0.05) is 26.0 Å². The number of allylic oxidation sites excluding steroid dienone is 2. The second kappa shape index (κ2) is 10.0. The number of hydroxylamine groups is 2. The highest BCUT2D eigenvalue weighted by Crippen LogP contribution is 2.39. The number of nitrogens with one attached hydrogen (secondary N) is 3. The van der Waals surface area contributed by atoms with Crippen molar-refractivity contribution >= 4 is 14.9 Å². The molecule has 154 valence electrons. The van der Waals surface area contributed by atoms with E-state index in [0.29, 0.717) is 0 Å². The van der Waals surface area contributed by atoms with E-state index in [2.05, 4.69) is 39.0 Å². The summed E-state index contributed by atoms with van der Waals surface area (Å²) in [5.41, 5.74) is 6.71. The van der Waals surface area contributed by atoms with Crippen molar-refractivity contribution in [3.05, 3.63) is 64.7 Å². The van der Waals surface area contributed by atoms with Crippen LogP contribution >= 0.6 is 9.24 Å². The van der Waals surface area contributed by atoms with Crippen molar-refractivity contribution in [3.63, 3.8) is 0 Å². The van der Waals surface area contributed by atoms with Crippen molar-refractivity contribution in [2.45, 2.75) is 45.1 Å². The number of aryl methyl sites for hydroxylation is 1. The van der Waals surface area contributed by atoms with Crippen molar-refractivity contribution in [1.82, 2.24) is 11.0 Å². The minimum atomic E-state index is -0.743. The molecule has 8 heteroatoms. The Balaban J connectivity index is 2.15. The van der Waals surface area contributed by atoms with Crippen molar-refractivity contribution in [2.75, 3.05) is 12.0 Å². The first kappa shape index (κ1) is 22.3. The Morgan fingerprint density at radius 3 is 2.71 bits per heavy atom. The van der Waals surface area contributed by atoms with E-state index in [1.54, 1.807) is 19.1 Å². The average Bonchev–Trinajstić information content (AvgIpc) is 3.40. The molecule has 1 saturated carbocycles. The molecule has 1 aromatic carbocycles. The third-order valence-electron chi connectivity index (χ3n) is 4.45. The summed E-state index contributed by atoms with van der Waals surface area (Å²) in [7, 11) is 2.20. The zero-order valence-corrected chi connectivity index (χ0v) is 17.4. The van der Waals surface area contributed by atoms with Gasteiger partial charge >= 0.3 is 0 Å². The third-order valence-corrected chi connectivity index (χ3v) is 4.77. The molecule has 0 aliphatic heterocycles. The quantitative estimate of drug-likeness (QED) is 0.180. The van der Waals surface area contributed by atoms with Crippen molar-refractivity contribution in [2.24, 2.45) is 0 Å². The summed E-state index contributed by atoms with van der Waals surface area (Å²) in [6.07, 6.45) is 5.21. The zero-order chi connectivity index (χ0) is 20.7. The van der Waals surface area contributed by atoms with Crippen LogP contribution in [0.2, 0.25) is 0 Å². The summed E-state index contributed by atoms with van der Waals surface area (Å²) in [6.45, 7) is 6.97. The van der Waals surface area contributed by atoms with Crippen LogP contribution in [0.25, 0.3) is 0 Å². The molecule has 0 heterocycles. The average molecular weight is 411 g/mol. The highest BCUT2D eigenvalue weighted by molar-refractivity contribution is 7.22. The lowest BCUT2D eigenvalue weighted by Crippen LogP contribution is -2.37. The lowest BCUT2D eigenvalue weighted by molar-refractivity contribution is -0.0498. The van der Waals surface area contributed by atoms with Gasteiger partial charge in [0.05, 0.1) is 11.4 Å². The van der Waals surface area contributed by atoms with E-state index in [4.69, 9.17) is 4.94 Å². The number of anilines is 1. The molecule has 1 fully saturated rings. The minimum Gasteiger partial charge on any atom is -0.506 e. The third kappa shape index (κ3) is 6.30. The number of rotatable bonds is 11. The first-order chi connectivity index (χ1) is 13.3. The van der Waals surface area contributed by atoms with E-state index in [9.17, 15) is 13.9 Å². The maximum absolute atomic E-state index is 14.1. The first-order valence-corrected chi connectivity index (χ1v) is 9.74. The first-order valence-electron chi connectivity index (χ1n) is 9.17. The van der Waals surface area contributed by atoms with Crippen LogP contribution in [0.1, 0.15) is 38.2 Å². The molecule has 28 heavy (non-hydrogen) atoms. The van der Waals surface area contributed by atoms with Crippen molar-refractivity contribution in [1.29, 1.82) is 0 Å². The maximum atomic E-state index is 14.1. The number of hydrogen-bond acceptors (Lipinski definition) is 5. The highest BCUT2D eigenvalue weighted by Gasteiger charge is 2.42. The highest BCUT2D eigenvalue weighted by atomic mass is 31.0. The molecule has 1 unspecified atom stereocenters. The molecular formula is C20H28F2N3O2P. The predicted octanol–water partition coefficient (Wildman–Crippen LogP) is 4.92. The van der Waals surface area contributed by atoms with E-state index in [-0.39, 0.29) is 33.7 Å². The molecule has 0 amide bonds. The molecular weight excluding hydrogens is 383 g/mol.